The van der Waals surface area contributed by atoms with Crippen molar-refractivity contribution in [3.05, 3.63) is 72.4 Å². The van der Waals surface area contributed by atoms with Crippen LogP contribution in [0, 0.1) is 0 Å². The molecule has 0 amide bonds. The fourth-order valence-electron chi connectivity index (χ4n) is 2.30. The zero-order chi connectivity index (χ0) is 15.5. The number of rotatable bonds is 4. The number of aromatic amines is 1. The van der Waals surface area contributed by atoms with E-state index >= 15 is 0 Å². The highest BCUT2D eigenvalue weighted by atomic mass is 16.5. The molecule has 0 saturated carbocycles. The molecular formula is C17H13N5O. The summed E-state index contributed by atoms with van der Waals surface area (Å²) in [6.45, 7) is 0. The second-order valence-electron chi connectivity index (χ2n) is 5.10. The highest BCUT2D eigenvalue weighted by molar-refractivity contribution is 5.61. The summed E-state index contributed by atoms with van der Waals surface area (Å²) >= 11 is 0. The Kier molecular flexibility index (Phi) is 3.40. The molecule has 6 heteroatoms. The molecule has 3 heterocycles. The topological polar surface area (TPSA) is 80.5 Å². The van der Waals surface area contributed by atoms with Crippen LogP contribution < -0.4 is 0 Å². The third-order valence-corrected chi connectivity index (χ3v) is 3.48. The maximum atomic E-state index is 5.33. The van der Waals surface area contributed by atoms with E-state index in [4.69, 9.17) is 4.52 Å². The largest absolute Gasteiger partial charge is 0.334 e. The summed E-state index contributed by atoms with van der Waals surface area (Å²) in [6.07, 6.45) is 5.90. The number of hydrogen-bond donors (Lipinski definition) is 1. The zero-order valence-corrected chi connectivity index (χ0v) is 12.2. The van der Waals surface area contributed by atoms with Crippen molar-refractivity contribution >= 4 is 0 Å². The van der Waals surface area contributed by atoms with Gasteiger partial charge < -0.3 is 4.52 Å². The first-order valence-corrected chi connectivity index (χ1v) is 7.20. The lowest BCUT2D eigenvalue weighted by Gasteiger charge is -1.97. The van der Waals surface area contributed by atoms with Crippen LogP contribution in [0.4, 0.5) is 0 Å². The molecule has 0 aliphatic rings. The lowest BCUT2D eigenvalue weighted by molar-refractivity contribution is 0.424. The van der Waals surface area contributed by atoms with Gasteiger partial charge in [0.25, 0.3) is 5.89 Å². The van der Waals surface area contributed by atoms with E-state index in [0.717, 1.165) is 22.4 Å². The van der Waals surface area contributed by atoms with E-state index in [0.29, 0.717) is 18.1 Å². The number of hydrogen-bond acceptors (Lipinski definition) is 5. The first-order chi connectivity index (χ1) is 11.4. The van der Waals surface area contributed by atoms with E-state index in [9.17, 15) is 0 Å². The Morgan fingerprint density at radius 1 is 0.957 bits per heavy atom. The van der Waals surface area contributed by atoms with Crippen molar-refractivity contribution in [2.45, 2.75) is 6.42 Å². The highest BCUT2D eigenvalue weighted by Crippen LogP contribution is 2.21. The molecule has 1 N–H and O–H groups in total. The minimum atomic E-state index is 0.474. The molecule has 0 unspecified atom stereocenters. The molecule has 0 radical (unpaired) electrons. The molecule has 6 nitrogen and oxygen atoms in total. The molecule has 112 valence electrons. The SMILES string of the molecule is c1ccc(Cc2noc(-c3ccc(-c4cn[nH]c4)nc3)n2)cc1. The van der Waals surface area contributed by atoms with E-state index in [1.807, 2.05) is 42.5 Å². The Bertz CT molecular complexity index is 882. The van der Waals surface area contributed by atoms with Crippen molar-refractivity contribution < 1.29 is 4.52 Å². The number of benzene rings is 1. The van der Waals surface area contributed by atoms with Crippen LogP contribution in [0.25, 0.3) is 22.7 Å². The smallest absolute Gasteiger partial charge is 0.259 e. The lowest BCUT2D eigenvalue weighted by Crippen LogP contribution is -1.90. The first kappa shape index (κ1) is 13.4. The standard InChI is InChI=1S/C17H13N5O/c1-2-4-12(5-3-1)8-16-21-17(23-22-16)13-6-7-15(18-9-13)14-10-19-20-11-14/h1-7,9-11H,8H2,(H,19,20). The summed E-state index contributed by atoms with van der Waals surface area (Å²) in [5.41, 5.74) is 3.72. The quantitative estimate of drug-likeness (QED) is 0.626. The van der Waals surface area contributed by atoms with Crippen LogP contribution >= 0.6 is 0 Å². The molecule has 1 aromatic carbocycles. The summed E-state index contributed by atoms with van der Waals surface area (Å²) in [5.74, 6) is 1.13. The highest BCUT2D eigenvalue weighted by Gasteiger charge is 2.10. The van der Waals surface area contributed by atoms with Gasteiger partial charge in [-0.1, -0.05) is 35.5 Å². The Hall–Kier alpha value is -3.28. The Balaban J connectivity index is 1.54. The molecule has 0 aliphatic heterocycles. The molecule has 0 bridgehead atoms. The average Bonchev–Trinajstić information content (AvgIpc) is 3.28. The minimum Gasteiger partial charge on any atom is -0.334 e. The van der Waals surface area contributed by atoms with Gasteiger partial charge in [-0.2, -0.15) is 10.1 Å². The number of nitrogens with zero attached hydrogens (tertiary/aromatic N) is 4. The molecular weight excluding hydrogens is 290 g/mol. The molecule has 0 saturated heterocycles. The molecule has 0 spiro atoms. The molecule has 0 atom stereocenters. The molecule has 3 aromatic heterocycles. The van der Waals surface area contributed by atoms with Gasteiger partial charge in [0, 0.05) is 24.4 Å². The van der Waals surface area contributed by atoms with E-state index in [1.165, 1.54) is 0 Å². The van der Waals surface area contributed by atoms with Crippen LogP contribution in [-0.2, 0) is 6.42 Å². The number of H-pyrrole nitrogens is 1. The van der Waals surface area contributed by atoms with Crippen molar-refractivity contribution in [1.82, 2.24) is 25.3 Å². The zero-order valence-electron chi connectivity index (χ0n) is 12.2. The van der Waals surface area contributed by atoms with Crippen molar-refractivity contribution in [3.8, 4) is 22.7 Å². The molecule has 0 aliphatic carbocycles. The number of pyridine rings is 1. The molecule has 4 rings (SSSR count). The van der Waals surface area contributed by atoms with Crippen molar-refractivity contribution in [1.29, 1.82) is 0 Å². The first-order valence-electron chi connectivity index (χ1n) is 7.20. The van der Waals surface area contributed by atoms with Gasteiger partial charge in [0.2, 0.25) is 0 Å². The van der Waals surface area contributed by atoms with E-state index in [2.05, 4.69) is 25.3 Å². The fraction of sp³-hybridized carbons (Fsp3) is 0.0588. The lowest BCUT2D eigenvalue weighted by atomic mass is 10.1. The third-order valence-electron chi connectivity index (χ3n) is 3.48. The van der Waals surface area contributed by atoms with Crippen molar-refractivity contribution in [2.24, 2.45) is 0 Å². The van der Waals surface area contributed by atoms with Gasteiger partial charge in [0.05, 0.1) is 17.5 Å². The summed E-state index contributed by atoms with van der Waals surface area (Å²) < 4.78 is 5.33. The van der Waals surface area contributed by atoms with Gasteiger partial charge in [-0.15, -0.1) is 0 Å². The van der Waals surface area contributed by atoms with Gasteiger partial charge in [-0.05, 0) is 17.7 Å². The third kappa shape index (κ3) is 2.87. The van der Waals surface area contributed by atoms with E-state index in [1.54, 1.807) is 18.6 Å². The molecule has 4 aromatic rings. The predicted molar refractivity (Wildman–Crippen MR) is 84.4 cm³/mol. The Labute approximate surface area is 132 Å². The predicted octanol–water partition coefficient (Wildman–Crippen LogP) is 3.11. The van der Waals surface area contributed by atoms with Gasteiger partial charge in [0.15, 0.2) is 5.82 Å². The molecule has 0 fully saturated rings. The summed E-state index contributed by atoms with van der Waals surface area (Å²) in [7, 11) is 0. The normalized spacial score (nSPS) is 10.8. The maximum Gasteiger partial charge on any atom is 0.259 e. The fourth-order valence-corrected chi connectivity index (χ4v) is 2.30. The van der Waals surface area contributed by atoms with Gasteiger partial charge in [-0.25, -0.2) is 0 Å². The minimum absolute atomic E-state index is 0.474. The summed E-state index contributed by atoms with van der Waals surface area (Å²) in [4.78, 5) is 8.83. The second kappa shape index (κ2) is 5.84. The van der Waals surface area contributed by atoms with Crippen LogP contribution in [0.3, 0.4) is 0 Å². The van der Waals surface area contributed by atoms with E-state index < -0.39 is 0 Å². The summed E-state index contributed by atoms with van der Waals surface area (Å²) in [5, 5.41) is 10.7. The summed E-state index contributed by atoms with van der Waals surface area (Å²) in [6, 6.07) is 13.9. The van der Waals surface area contributed by atoms with Crippen LogP contribution in [0.1, 0.15) is 11.4 Å². The van der Waals surface area contributed by atoms with Gasteiger partial charge in [0.1, 0.15) is 0 Å². The van der Waals surface area contributed by atoms with Crippen LogP contribution in [0.5, 0.6) is 0 Å². The van der Waals surface area contributed by atoms with E-state index in [-0.39, 0.29) is 0 Å². The maximum absolute atomic E-state index is 5.33. The van der Waals surface area contributed by atoms with Crippen molar-refractivity contribution in [2.75, 3.05) is 0 Å². The Morgan fingerprint density at radius 3 is 2.61 bits per heavy atom. The number of nitrogens with one attached hydrogen (secondary N) is 1. The Morgan fingerprint density at radius 2 is 1.87 bits per heavy atom. The monoisotopic (exact) mass is 303 g/mol. The van der Waals surface area contributed by atoms with Gasteiger partial charge >= 0.3 is 0 Å². The van der Waals surface area contributed by atoms with Crippen LogP contribution in [0.2, 0.25) is 0 Å². The van der Waals surface area contributed by atoms with Crippen LogP contribution in [0.15, 0.2) is 65.6 Å². The van der Waals surface area contributed by atoms with Crippen molar-refractivity contribution in [3.63, 3.8) is 0 Å². The number of aromatic nitrogens is 5. The molecule has 23 heavy (non-hydrogen) atoms. The van der Waals surface area contributed by atoms with Crippen LogP contribution in [-0.4, -0.2) is 25.3 Å². The second-order valence-corrected chi connectivity index (χ2v) is 5.10. The average molecular weight is 303 g/mol. The van der Waals surface area contributed by atoms with Gasteiger partial charge in [-0.3, -0.25) is 10.1 Å².